The minimum atomic E-state index is -0.537. The number of aromatic hydroxyl groups is 1. The molecule has 0 radical (unpaired) electrons. The van der Waals surface area contributed by atoms with Crippen LogP contribution in [0.5, 0.6) is 11.5 Å². The Morgan fingerprint density at radius 3 is 2.14 bits per heavy atom. The molecular formula is C30H29NO6. The van der Waals surface area contributed by atoms with Crippen LogP contribution in [0.1, 0.15) is 49.4 Å². The fraction of sp³-hybridized carbons (Fsp3) is 0.200. The van der Waals surface area contributed by atoms with Crippen LogP contribution >= 0.6 is 0 Å². The Balaban J connectivity index is 1.64. The zero-order valence-corrected chi connectivity index (χ0v) is 21.0. The molecule has 0 aliphatic heterocycles. The number of hydrogen-bond donors (Lipinski definition) is 1. The standard InChI is InChI=1S/C30H29NO6/c1-30(2,3)24-10-4-22(5-11-24)20-37-28-16-17-29(31(35)36)23(18-28)9-15-27(34)19-26(33)14-8-21-6-12-25(32)13-7-21/h4-18,32H,19-20H2,1-3H3. The summed E-state index contributed by atoms with van der Waals surface area (Å²) in [6.07, 6.45) is 4.93. The molecule has 3 rings (SSSR count). The van der Waals surface area contributed by atoms with Crippen LogP contribution in [0, 0.1) is 10.1 Å². The average Bonchev–Trinajstić information content (AvgIpc) is 2.85. The van der Waals surface area contributed by atoms with Gasteiger partial charge in [-0.3, -0.25) is 19.7 Å². The predicted molar refractivity (Wildman–Crippen MR) is 143 cm³/mol. The van der Waals surface area contributed by atoms with Gasteiger partial charge in [-0.05, 0) is 64.6 Å². The highest BCUT2D eigenvalue weighted by Crippen LogP contribution is 2.27. The number of phenolic OH excluding ortho intramolecular Hbond substituents is 1. The third kappa shape index (κ3) is 8.28. The van der Waals surface area contributed by atoms with Crippen LogP contribution < -0.4 is 4.74 Å². The lowest BCUT2D eigenvalue weighted by Gasteiger charge is -2.19. The SMILES string of the molecule is CC(C)(C)c1ccc(COc2ccc([N+](=O)[O-])c(C=CC(=O)CC(=O)C=Cc3ccc(O)cc3)c2)cc1. The zero-order valence-electron chi connectivity index (χ0n) is 21.0. The van der Waals surface area contributed by atoms with Crippen LogP contribution in [-0.2, 0) is 21.6 Å². The number of carbonyl (C=O) groups excluding carboxylic acids is 2. The van der Waals surface area contributed by atoms with Gasteiger partial charge < -0.3 is 9.84 Å². The Bertz CT molecular complexity index is 1330. The number of hydrogen-bond acceptors (Lipinski definition) is 6. The van der Waals surface area contributed by atoms with Crippen molar-refractivity contribution in [2.45, 2.75) is 39.2 Å². The number of ketones is 2. The molecule has 0 fully saturated rings. The van der Waals surface area contributed by atoms with Crippen molar-refractivity contribution in [3.8, 4) is 11.5 Å². The molecule has 0 bridgehead atoms. The quantitative estimate of drug-likeness (QED) is 0.149. The topological polar surface area (TPSA) is 107 Å². The van der Waals surface area contributed by atoms with Crippen molar-refractivity contribution in [2.75, 3.05) is 0 Å². The molecule has 0 aliphatic carbocycles. The number of ether oxygens (including phenoxy) is 1. The van der Waals surface area contributed by atoms with E-state index in [2.05, 4.69) is 32.9 Å². The molecule has 0 atom stereocenters. The highest BCUT2D eigenvalue weighted by Gasteiger charge is 2.15. The maximum atomic E-state index is 12.3. The second-order valence-corrected chi connectivity index (χ2v) is 9.58. The maximum Gasteiger partial charge on any atom is 0.276 e. The van der Waals surface area contributed by atoms with Gasteiger partial charge in [-0.2, -0.15) is 0 Å². The number of rotatable bonds is 10. The molecule has 0 unspecified atom stereocenters. The van der Waals surface area contributed by atoms with E-state index in [1.54, 1.807) is 18.2 Å². The van der Waals surface area contributed by atoms with Gasteiger partial charge in [0.1, 0.15) is 18.1 Å². The zero-order chi connectivity index (χ0) is 27.0. The highest BCUT2D eigenvalue weighted by atomic mass is 16.6. The van der Waals surface area contributed by atoms with E-state index in [0.717, 1.165) is 11.6 Å². The summed E-state index contributed by atoms with van der Waals surface area (Å²) in [6, 6.07) is 18.7. The number of nitro groups is 1. The second kappa shape index (κ2) is 11.9. The molecule has 1 N–H and O–H groups in total. The Hall–Kier alpha value is -4.52. The third-order valence-corrected chi connectivity index (χ3v) is 5.57. The summed E-state index contributed by atoms with van der Waals surface area (Å²) in [4.78, 5) is 35.3. The van der Waals surface area contributed by atoms with Gasteiger partial charge in [0, 0.05) is 6.07 Å². The molecule has 7 nitrogen and oxygen atoms in total. The highest BCUT2D eigenvalue weighted by molar-refractivity contribution is 6.11. The minimum absolute atomic E-state index is 0.0457. The van der Waals surface area contributed by atoms with Gasteiger partial charge >= 0.3 is 0 Å². The van der Waals surface area contributed by atoms with Gasteiger partial charge in [0.2, 0.25) is 0 Å². The summed E-state index contributed by atoms with van der Waals surface area (Å²) in [5.41, 5.74) is 2.93. The Kier molecular flexibility index (Phi) is 8.74. The molecule has 3 aromatic carbocycles. The predicted octanol–water partition coefficient (Wildman–Crippen LogP) is 6.43. The van der Waals surface area contributed by atoms with E-state index in [0.29, 0.717) is 11.3 Å². The molecule has 0 amide bonds. The largest absolute Gasteiger partial charge is 0.508 e. The second-order valence-electron chi connectivity index (χ2n) is 9.58. The van der Waals surface area contributed by atoms with Crippen LogP contribution in [0.3, 0.4) is 0 Å². The number of nitrogens with zero attached hydrogens (tertiary/aromatic N) is 1. The molecular weight excluding hydrogens is 470 g/mol. The monoisotopic (exact) mass is 499 g/mol. The molecule has 0 aliphatic rings. The number of benzene rings is 3. The molecule has 3 aromatic rings. The van der Waals surface area contributed by atoms with E-state index in [1.165, 1.54) is 48.0 Å². The minimum Gasteiger partial charge on any atom is -0.508 e. The normalized spacial score (nSPS) is 11.6. The van der Waals surface area contributed by atoms with Crippen molar-refractivity contribution in [3.63, 3.8) is 0 Å². The number of nitro benzene ring substituents is 1. The Morgan fingerprint density at radius 1 is 0.919 bits per heavy atom. The van der Waals surface area contributed by atoms with Crippen molar-refractivity contribution < 1.29 is 24.4 Å². The number of carbonyl (C=O) groups is 2. The first-order valence-electron chi connectivity index (χ1n) is 11.7. The van der Waals surface area contributed by atoms with E-state index in [4.69, 9.17) is 4.74 Å². The summed E-state index contributed by atoms with van der Waals surface area (Å²) < 4.78 is 5.83. The van der Waals surface area contributed by atoms with Gasteiger partial charge in [0.05, 0.1) is 16.9 Å². The van der Waals surface area contributed by atoms with Crippen molar-refractivity contribution in [1.82, 2.24) is 0 Å². The van der Waals surface area contributed by atoms with Crippen LogP contribution in [0.2, 0.25) is 0 Å². The Morgan fingerprint density at radius 2 is 1.54 bits per heavy atom. The van der Waals surface area contributed by atoms with Gasteiger partial charge in [-0.15, -0.1) is 0 Å². The molecule has 0 aromatic heterocycles. The fourth-order valence-corrected chi connectivity index (χ4v) is 3.44. The summed E-state index contributed by atoms with van der Waals surface area (Å²) in [6.45, 7) is 6.70. The summed E-state index contributed by atoms with van der Waals surface area (Å²) in [5.74, 6) is -0.362. The van der Waals surface area contributed by atoms with E-state index < -0.39 is 16.5 Å². The van der Waals surface area contributed by atoms with Crippen molar-refractivity contribution in [1.29, 1.82) is 0 Å². The van der Waals surface area contributed by atoms with Gasteiger partial charge in [-0.25, -0.2) is 0 Å². The summed E-state index contributed by atoms with van der Waals surface area (Å²) in [7, 11) is 0. The van der Waals surface area contributed by atoms with E-state index >= 15 is 0 Å². The van der Waals surface area contributed by atoms with Crippen molar-refractivity contribution in [3.05, 3.63) is 111 Å². The van der Waals surface area contributed by atoms with Crippen LogP contribution in [0.4, 0.5) is 5.69 Å². The summed E-state index contributed by atoms with van der Waals surface area (Å²) in [5, 5.41) is 20.8. The first-order chi connectivity index (χ1) is 17.5. The third-order valence-electron chi connectivity index (χ3n) is 5.57. The molecule has 190 valence electrons. The first kappa shape index (κ1) is 27.1. The Labute approximate surface area is 215 Å². The van der Waals surface area contributed by atoms with Gasteiger partial charge in [-0.1, -0.05) is 63.2 Å². The first-order valence-corrected chi connectivity index (χ1v) is 11.7. The van der Waals surface area contributed by atoms with Gasteiger partial charge in [0.15, 0.2) is 11.6 Å². The lowest BCUT2D eigenvalue weighted by atomic mass is 9.87. The molecule has 0 heterocycles. The van der Waals surface area contributed by atoms with Gasteiger partial charge in [0.25, 0.3) is 5.69 Å². The van der Waals surface area contributed by atoms with Crippen LogP contribution in [-0.4, -0.2) is 21.6 Å². The van der Waals surface area contributed by atoms with Crippen molar-refractivity contribution in [2.24, 2.45) is 0 Å². The van der Waals surface area contributed by atoms with Crippen LogP contribution in [0.25, 0.3) is 12.2 Å². The maximum absolute atomic E-state index is 12.3. The molecule has 37 heavy (non-hydrogen) atoms. The number of allylic oxidation sites excluding steroid dienone is 2. The van der Waals surface area contributed by atoms with E-state index in [-0.39, 0.29) is 35.4 Å². The van der Waals surface area contributed by atoms with E-state index in [1.807, 2.05) is 12.1 Å². The molecule has 0 spiro atoms. The smallest absolute Gasteiger partial charge is 0.276 e. The molecule has 0 saturated heterocycles. The van der Waals surface area contributed by atoms with E-state index in [9.17, 15) is 24.8 Å². The average molecular weight is 500 g/mol. The fourth-order valence-electron chi connectivity index (χ4n) is 3.44. The lowest BCUT2D eigenvalue weighted by Crippen LogP contribution is -2.10. The molecule has 0 saturated carbocycles. The van der Waals surface area contributed by atoms with Crippen LogP contribution in [0.15, 0.2) is 78.9 Å². The summed E-state index contributed by atoms with van der Waals surface area (Å²) >= 11 is 0. The van der Waals surface area contributed by atoms with Crippen molar-refractivity contribution >= 4 is 29.4 Å². The number of phenols is 1. The lowest BCUT2D eigenvalue weighted by molar-refractivity contribution is -0.385. The molecule has 7 heteroatoms.